The topological polar surface area (TPSA) is 80.9 Å². The van der Waals surface area contributed by atoms with E-state index in [1.54, 1.807) is 11.3 Å². The maximum absolute atomic E-state index is 11.3. The van der Waals surface area contributed by atoms with E-state index in [0.29, 0.717) is 23.3 Å². The van der Waals surface area contributed by atoms with Gasteiger partial charge < -0.3 is 9.84 Å². The largest absolute Gasteiger partial charge is 0.334 e. The van der Waals surface area contributed by atoms with E-state index in [1.807, 2.05) is 48.5 Å². The molecule has 1 saturated carbocycles. The number of rotatable bonds is 5. The molecule has 7 heteroatoms. The van der Waals surface area contributed by atoms with Crippen molar-refractivity contribution in [3.05, 3.63) is 58.9 Å². The summed E-state index contributed by atoms with van der Waals surface area (Å²) in [5.41, 5.74) is 4.42. The second-order valence-electron chi connectivity index (χ2n) is 7.11. The summed E-state index contributed by atoms with van der Waals surface area (Å²) >= 11 is 1.74. The molecule has 144 valence electrons. The monoisotopic (exact) mass is 402 g/mol. The molecule has 1 aliphatic carbocycles. The molecule has 0 radical (unpaired) electrons. The number of thiazole rings is 1. The minimum absolute atomic E-state index is 0.127. The molecule has 5 rings (SSSR count). The maximum Gasteiger partial charge on any atom is 0.258 e. The lowest BCUT2D eigenvalue weighted by atomic mass is 10.1. The minimum atomic E-state index is -0.127. The number of nitrogens with zero attached hydrogens (tertiary/aromatic N) is 3. The zero-order valence-electron chi connectivity index (χ0n) is 15.8. The maximum atomic E-state index is 11.3. The molecule has 6 nitrogen and oxygen atoms in total. The molecule has 2 heterocycles. The first kappa shape index (κ1) is 17.8. The zero-order valence-corrected chi connectivity index (χ0v) is 16.6. The Morgan fingerprint density at radius 3 is 2.62 bits per heavy atom. The van der Waals surface area contributed by atoms with Gasteiger partial charge in [0.1, 0.15) is 0 Å². The van der Waals surface area contributed by atoms with Crippen LogP contribution in [0, 0.1) is 0 Å². The number of carbonyl (C=O) groups excluding carboxylic acids is 1. The summed E-state index contributed by atoms with van der Waals surface area (Å²) in [6.07, 6.45) is 2.53. The summed E-state index contributed by atoms with van der Waals surface area (Å²) in [4.78, 5) is 20.5. The number of benzene rings is 2. The Morgan fingerprint density at radius 2 is 1.86 bits per heavy atom. The SMILES string of the molecule is CC(=O)Nc1cccc(-c2nc(-c3ccc(-c4csc(C5CC5)n4)cc3)no2)c1. The molecular weight excluding hydrogens is 384 g/mol. The molecule has 0 spiro atoms. The van der Waals surface area contributed by atoms with Gasteiger partial charge in [0.2, 0.25) is 11.7 Å². The number of hydrogen-bond acceptors (Lipinski definition) is 6. The van der Waals surface area contributed by atoms with E-state index in [4.69, 9.17) is 9.51 Å². The second kappa shape index (κ2) is 7.25. The molecule has 0 atom stereocenters. The van der Waals surface area contributed by atoms with Crippen LogP contribution in [-0.4, -0.2) is 21.0 Å². The van der Waals surface area contributed by atoms with Gasteiger partial charge in [0.25, 0.3) is 5.89 Å². The fourth-order valence-corrected chi connectivity index (χ4v) is 4.12. The molecule has 2 aromatic carbocycles. The summed E-state index contributed by atoms with van der Waals surface area (Å²) in [5.74, 6) is 1.48. The fraction of sp³-hybridized carbons (Fsp3) is 0.182. The molecule has 0 bridgehead atoms. The van der Waals surface area contributed by atoms with Crippen molar-refractivity contribution in [2.75, 3.05) is 5.32 Å². The number of aromatic nitrogens is 3. The van der Waals surface area contributed by atoms with Crippen LogP contribution in [0.4, 0.5) is 5.69 Å². The van der Waals surface area contributed by atoms with Crippen molar-refractivity contribution in [3.63, 3.8) is 0 Å². The molecule has 1 N–H and O–H groups in total. The number of carbonyl (C=O) groups is 1. The first-order valence-corrected chi connectivity index (χ1v) is 10.3. The molecule has 1 amide bonds. The van der Waals surface area contributed by atoms with Crippen molar-refractivity contribution in [2.24, 2.45) is 0 Å². The van der Waals surface area contributed by atoms with E-state index < -0.39 is 0 Å². The van der Waals surface area contributed by atoms with Crippen LogP contribution in [0.15, 0.2) is 58.4 Å². The van der Waals surface area contributed by atoms with Gasteiger partial charge in [-0.1, -0.05) is 35.5 Å². The van der Waals surface area contributed by atoms with Crippen molar-refractivity contribution >= 4 is 22.9 Å². The molecule has 4 aromatic rings. The van der Waals surface area contributed by atoms with Gasteiger partial charge in [0, 0.05) is 40.6 Å². The highest BCUT2D eigenvalue weighted by atomic mass is 32.1. The summed E-state index contributed by atoms with van der Waals surface area (Å²) in [6.45, 7) is 1.47. The van der Waals surface area contributed by atoms with Crippen LogP contribution in [0.5, 0.6) is 0 Å². The average molecular weight is 402 g/mol. The standard InChI is InChI=1S/C22H18N4O2S/c1-13(27)23-18-4-2-3-17(11-18)21-25-20(26-28-21)15-7-5-14(6-8-15)19-12-29-22(24-19)16-9-10-16/h2-8,11-12,16H,9-10H2,1H3,(H,23,27). The van der Waals surface area contributed by atoms with Crippen LogP contribution in [0.25, 0.3) is 34.1 Å². The van der Waals surface area contributed by atoms with E-state index in [9.17, 15) is 4.79 Å². The highest BCUT2D eigenvalue weighted by molar-refractivity contribution is 7.10. The van der Waals surface area contributed by atoms with Crippen LogP contribution in [0.1, 0.15) is 30.7 Å². The van der Waals surface area contributed by atoms with E-state index in [1.165, 1.54) is 24.8 Å². The first-order valence-electron chi connectivity index (χ1n) is 9.44. The fourth-order valence-electron chi connectivity index (χ4n) is 3.12. The van der Waals surface area contributed by atoms with Gasteiger partial charge in [-0.05, 0) is 31.0 Å². The molecule has 0 unspecified atom stereocenters. The van der Waals surface area contributed by atoms with Crippen molar-refractivity contribution in [2.45, 2.75) is 25.7 Å². The van der Waals surface area contributed by atoms with Gasteiger partial charge >= 0.3 is 0 Å². The summed E-state index contributed by atoms with van der Waals surface area (Å²) in [6, 6.07) is 15.4. The zero-order chi connectivity index (χ0) is 19.8. The Balaban J connectivity index is 1.36. The first-order chi connectivity index (χ1) is 14.2. The lowest BCUT2D eigenvalue weighted by Crippen LogP contribution is -2.05. The highest BCUT2D eigenvalue weighted by Crippen LogP contribution is 2.42. The Labute approximate surface area is 171 Å². The van der Waals surface area contributed by atoms with Crippen molar-refractivity contribution < 1.29 is 9.32 Å². The molecule has 0 aliphatic heterocycles. The van der Waals surface area contributed by atoms with Crippen LogP contribution in [-0.2, 0) is 4.79 Å². The number of amides is 1. The van der Waals surface area contributed by atoms with Gasteiger partial charge in [0.05, 0.1) is 10.7 Å². The molecule has 29 heavy (non-hydrogen) atoms. The lowest BCUT2D eigenvalue weighted by molar-refractivity contribution is -0.114. The van der Waals surface area contributed by atoms with E-state index in [2.05, 4.69) is 20.8 Å². The predicted molar refractivity (Wildman–Crippen MR) is 113 cm³/mol. The van der Waals surface area contributed by atoms with Gasteiger partial charge in [-0.3, -0.25) is 4.79 Å². The minimum Gasteiger partial charge on any atom is -0.334 e. The Kier molecular flexibility index (Phi) is 4.44. The third-order valence-corrected chi connectivity index (χ3v) is 5.75. The van der Waals surface area contributed by atoms with E-state index >= 15 is 0 Å². The third-order valence-electron chi connectivity index (χ3n) is 4.74. The number of nitrogens with one attached hydrogen (secondary N) is 1. The van der Waals surface area contributed by atoms with Crippen LogP contribution < -0.4 is 5.32 Å². The predicted octanol–water partition coefficient (Wildman–Crippen LogP) is 5.36. The van der Waals surface area contributed by atoms with Gasteiger partial charge in [-0.15, -0.1) is 11.3 Å². The molecule has 1 aliphatic rings. The summed E-state index contributed by atoms with van der Waals surface area (Å²) < 4.78 is 5.43. The van der Waals surface area contributed by atoms with E-state index in [-0.39, 0.29) is 5.91 Å². The van der Waals surface area contributed by atoms with Crippen molar-refractivity contribution in [1.29, 1.82) is 0 Å². The Bertz CT molecular complexity index is 1180. The van der Waals surface area contributed by atoms with Gasteiger partial charge in [0.15, 0.2) is 0 Å². The van der Waals surface area contributed by atoms with Crippen LogP contribution in [0.2, 0.25) is 0 Å². The number of anilines is 1. The Hall–Kier alpha value is -3.32. The molecule has 1 fully saturated rings. The van der Waals surface area contributed by atoms with E-state index in [0.717, 1.165) is 22.4 Å². The normalized spacial score (nSPS) is 13.4. The average Bonchev–Trinajstić information content (AvgIpc) is 3.26. The van der Waals surface area contributed by atoms with Gasteiger partial charge in [-0.25, -0.2) is 4.98 Å². The highest BCUT2D eigenvalue weighted by Gasteiger charge is 2.26. The quantitative estimate of drug-likeness (QED) is 0.486. The second-order valence-corrected chi connectivity index (χ2v) is 8.00. The van der Waals surface area contributed by atoms with Crippen molar-refractivity contribution in [3.8, 4) is 34.1 Å². The molecule has 2 aromatic heterocycles. The smallest absolute Gasteiger partial charge is 0.258 e. The van der Waals surface area contributed by atoms with Gasteiger partial charge in [-0.2, -0.15) is 4.98 Å². The van der Waals surface area contributed by atoms with Crippen molar-refractivity contribution in [1.82, 2.24) is 15.1 Å². The van der Waals surface area contributed by atoms with Crippen LogP contribution in [0.3, 0.4) is 0 Å². The Morgan fingerprint density at radius 1 is 1.07 bits per heavy atom. The summed E-state index contributed by atoms with van der Waals surface area (Å²) in [7, 11) is 0. The van der Waals surface area contributed by atoms with Crippen LogP contribution >= 0.6 is 11.3 Å². The summed E-state index contributed by atoms with van der Waals surface area (Å²) in [5, 5.41) is 10.2. The third kappa shape index (κ3) is 3.82. The molecule has 0 saturated heterocycles. The lowest BCUT2D eigenvalue weighted by Gasteiger charge is -2.02. The number of hydrogen-bond donors (Lipinski definition) is 1. The molecular formula is C22H18N4O2S.